The normalized spacial score (nSPS) is 12.3. The van der Waals surface area contributed by atoms with E-state index in [1.165, 1.54) is 5.56 Å². The SMILES string of the molecule is C#CCCCC(NCC)c1ccoc1CC. The molecule has 1 rings (SSSR count). The number of hydrogen-bond donors (Lipinski definition) is 1. The first kappa shape index (κ1) is 12.9. The molecule has 0 aliphatic carbocycles. The Hall–Kier alpha value is -1.20. The molecule has 16 heavy (non-hydrogen) atoms. The third-order valence-corrected chi connectivity index (χ3v) is 2.74. The van der Waals surface area contributed by atoms with E-state index in [9.17, 15) is 0 Å². The van der Waals surface area contributed by atoms with Gasteiger partial charge in [0, 0.05) is 24.4 Å². The summed E-state index contributed by atoms with van der Waals surface area (Å²) in [6.07, 6.45) is 11.0. The lowest BCUT2D eigenvalue weighted by atomic mass is 10.0. The molecule has 88 valence electrons. The van der Waals surface area contributed by atoms with Crippen molar-refractivity contribution in [3.8, 4) is 12.3 Å². The number of furan rings is 1. The molecule has 0 amide bonds. The zero-order chi connectivity index (χ0) is 11.8. The summed E-state index contributed by atoms with van der Waals surface area (Å²) in [4.78, 5) is 0. The second-order valence-electron chi connectivity index (χ2n) is 3.86. The van der Waals surface area contributed by atoms with E-state index in [-0.39, 0.29) is 0 Å². The summed E-state index contributed by atoms with van der Waals surface area (Å²) in [7, 11) is 0. The van der Waals surface area contributed by atoms with Crippen LogP contribution < -0.4 is 5.32 Å². The van der Waals surface area contributed by atoms with Crippen molar-refractivity contribution in [2.45, 2.75) is 45.6 Å². The van der Waals surface area contributed by atoms with E-state index < -0.39 is 0 Å². The van der Waals surface area contributed by atoms with E-state index in [0.29, 0.717) is 6.04 Å². The predicted octanol–water partition coefficient (Wildman–Crippen LogP) is 3.30. The van der Waals surface area contributed by atoms with Crippen molar-refractivity contribution < 1.29 is 4.42 Å². The Bertz CT molecular complexity index is 335. The molecule has 2 nitrogen and oxygen atoms in total. The highest BCUT2D eigenvalue weighted by Crippen LogP contribution is 2.24. The number of terminal acetylenes is 1. The molecular weight excluding hydrogens is 198 g/mol. The lowest BCUT2D eigenvalue weighted by Gasteiger charge is -2.17. The highest BCUT2D eigenvalue weighted by Gasteiger charge is 2.15. The first-order valence-electron chi connectivity index (χ1n) is 6.06. The van der Waals surface area contributed by atoms with Crippen LogP contribution >= 0.6 is 0 Å². The second-order valence-corrected chi connectivity index (χ2v) is 3.86. The molecule has 0 bridgehead atoms. The van der Waals surface area contributed by atoms with Gasteiger partial charge in [-0.2, -0.15) is 0 Å². The van der Waals surface area contributed by atoms with Crippen LogP contribution in [0.25, 0.3) is 0 Å². The summed E-state index contributed by atoms with van der Waals surface area (Å²) in [5.74, 6) is 3.78. The van der Waals surface area contributed by atoms with Crippen molar-refractivity contribution in [2.24, 2.45) is 0 Å². The highest BCUT2D eigenvalue weighted by molar-refractivity contribution is 5.21. The Balaban J connectivity index is 2.65. The molecule has 0 aliphatic heterocycles. The molecule has 0 spiro atoms. The van der Waals surface area contributed by atoms with Gasteiger partial charge >= 0.3 is 0 Å². The van der Waals surface area contributed by atoms with E-state index in [1.807, 2.05) is 0 Å². The van der Waals surface area contributed by atoms with Gasteiger partial charge in [0.15, 0.2) is 0 Å². The third-order valence-electron chi connectivity index (χ3n) is 2.74. The maximum atomic E-state index is 5.47. The van der Waals surface area contributed by atoms with Gasteiger partial charge in [-0.25, -0.2) is 0 Å². The van der Waals surface area contributed by atoms with Crippen LogP contribution in [0.3, 0.4) is 0 Å². The van der Waals surface area contributed by atoms with Crippen molar-refractivity contribution in [1.29, 1.82) is 0 Å². The first-order valence-corrected chi connectivity index (χ1v) is 6.06. The smallest absolute Gasteiger partial charge is 0.108 e. The Morgan fingerprint density at radius 2 is 2.31 bits per heavy atom. The Kier molecular flexibility index (Phi) is 5.74. The number of hydrogen-bond acceptors (Lipinski definition) is 2. The van der Waals surface area contributed by atoms with Gasteiger partial charge < -0.3 is 9.73 Å². The van der Waals surface area contributed by atoms with Crippen LogP contribution in [0.5, 0.6) is 0 Å². The molecule has 1 atom stereocenters. The van der Waals surface area contributed by atoms with Crippen molar-refractivity contribution >= 4 is 0 Å². The minimum atomic E-state index is 0.382. The van der Waals surface area contributed by atoms with Gasteiger partial charge in [0.25, 0.3) is 0 Å². The third kappa shape index (κ3) is 3.43. The van der Waals surface area contributed by atoms with Crippen LogP contribution in [0, 0.1) is 12.3 Å². The van der Waals surface area contributed by atoms with E-state index >= 15 is 0 Å². The minimum absolute atomic E-state index is 0.382. The molecule has 0 fully saturated rings. The molecule has 1 heterocycles. The topological polar surface area (TPSA) is 25.2 Å². The lowest BCUT2D eigenvalue weighted by molar-refractivity contribution is 0.468. The highest BCUT2D eigenvalue weighted by atomic mass is 16.3. The fourth-order valence-corrected chi connectivity index (χ4v) is 1.97. The standard InChI is InChI=1S/C14H21NO/c1-4-7-8-9-13(15-6-3)12-10-11-16-14(12)5-2/h1,10-11,13,15H,5-9H2,2-3H3. The van der Waals surface area contributed by atoms with Crippen LogP contribution in [-0.2, 0) is 6.42 Å². The van der Waals surface area contributed by atoms with Crippen LogP contribution in [0.15, 0.2) is 16.7 Å². The number of nitrogens with one attached hydrogen (secondary N) is 1. The molecule has 0 aliphatic rings. The molecular formula is C14H21NO. The zero-order valence-electron chi connectivity index (χ0n) is 10.3. The van der Waals surface area contributed by atoms with E-state index in [4.69, 9.17) is 10.8 Å². The average Bonchev–Trinajstić information content (AvgIpc) is 2.76. The van der Waals surface area contributed by atoms with Crippen molar-refractivity contribution in [1.82, 2.24) is 5.32 Å². The number of unbranched alkanes of at least 4 members (excludes halogenated alkanes) is 1. The van der Waals surface area contributed by atoms with Gasteiger partial charge in [-0.05, 0) is 25.5 Å². The van der Waals surface area contributed by atoms with Gasteiger partial charge in [0.1, 0.15) is 5.76 Å². The van der Waals surface area contributed by atoms with Gasteiger partial charge in [0.2, 0.25) is 0 Å². The van der Waals surface area contributed by atoms with Crippen LogP contribution in [0.1, 0.15) is 50.5 Å². The largest absolute Gasteiger partial charge is 0.469 e. The first-order chi connectivity index (χ1) is 7.83. The molecule has 0 saturated carbocycles. The Labute approximate surface area is 98.4 Å². The summed E-state index contributed by atoms with van der Waals surface area (Å²) < 4.78 is 5.47. The fraction of sp³-hybridized carbons (Fsp3) is 0.571. The molecule has 1 aromatic rings. The monoisotopic (exact) mass is 219 g/mol. The van der Waals surface area contributed by atoms with Gasteiger partial charge in [-0.1, -0.05) is 13.8 Å². The predicted molar refractivity (Wildman–Crippen MR) is 67.2 cm³/mol. The summed E-state index contributed by atoms with van der Waals surface area (Å²) >= 11 is 0. The summed E-state index contributed by atoms with van der Waals surface area (Å²) in [6.45, 7) is 5.21. The second kappa shape index (κ2) is 7.14. The lowest BCUT2D eigenvalue weighted by Crippen LogP contribution is -2.21. The van der Waals surface area contributed by atoms with Gasteiger partial charge in [-0.3, -0.25) is 0 Å². The van der Waals surface area contributed by atoms with Crippen LogP contribution in [0.2, 0.25) is 0 Å². The van der Waals surface area contributed by atoms with Crippen LogP contribution in [0.4, 0.5) is 0 Å². The molecule has 2 heteroatoms. The molecule has 1 unspecified atom stereocenters. The summed E-state index contributed by atoms with van der Waals surface area (Å²) in [6, 6.07) is 2.45. The van der Waals surface area contributed by atoms with Gasteiger partial charge in [-0.15, -0.1) is 12.3 Å². The van der Waals surface area contributed by atoms with Crippen LogP contribution in [-0.4, -0.2) is 6.54 Å². The Morgan fingerprint density at radius 3 is 2.94 bits per heavy atom. The van der Waals surface area contributed by atoms with Gasteiger partial charge in [0.05, 0.1) is 6.26 Å². The fourth-order valence-electron chi connectivity index (χ4n) is 1.97. The van der Waals surface area contributed by atoms with E-state index in [0.717, 1.165) is 38.0 Å². The minimum Gasteiger partial charge on any atom is -0.469 e. The van der Waals surface area contributed by atoms with E-state index in [2.05, 4.69) is 31.2 Å². The Morgan fingerprint density at radius 1 is 1.50 bits per heavy atom. The molecule has 0 aromatic carbocycles. The maximum Gasteiger partial charge on any atom is 0.108 e. The number of aryl methyl sites for hydroxylation is 1. The van der Waals surface area contributed by atoms with Crippen molar-refractivity contribution in [2.75, 3.05) is 6.54 Å². The number of rotatable bonds is 7. The summed E-state index contributed by atoms with van der Waals surface area (Å²) in [5, 5.41) is 3.49. The average molecular weight is 219 g/mol. The quantitative estimate of drug-likeness (QED) is 0.562. The summed E-state index contributed by atoms with van der Waals surface area (Å²) in [5.41, 5.74) is 1.29. The van der Waals surface area contributed by atoms with Crippen molar-refractivity contribution in [3.63, 3.8) is 0 Å². The molecule has 0 radical (unpaired) electrons. The molecule has 1 aromatic heterocycles. The zero-order valence-corrected chi connectivity index (χ0v) is 10.3. The molecule has 0 saturated heterocycles. The van der Waals surface area contributed by atoms with E-state index in [1.54, 1.807) is 6.26 Å². The molecule has 1 N–H and O–H groups in total. The maximum absolute atomic E-state index is 5.47. The van der Waals surface area contributed by atoms with Crippen molar-refractivity contribution in [3.05, 3.63) is 23.7 Å².